The van der Waals surface area contributed by atoms with Gasteiger partial charge in [-0.1, -0.05) is 30.3 Å². The Balaban J connectivity index is 1.51. The molecule has 1 aromatic heterocycles. The third kappa shape index (κ3) is 3.30. The van der Waals surface area contributed by atoms with Crippen LogP contribution in [0.4, 0.5) is 0 Å². The average Bonchev–Trinajstić information content (AvgIpc) is 2.98. The zero-order valence-electron chi connectivity index (χ0n) is 14.0. The van der Waals surface area contributed by atoms with Crippen LogP contribution in [0.2, 0.25) is 0 Å². The van der Waals surface area contributed by atoms with Gasteiger partial charge in [0.25, 0.3) is 5.91 Å². The van der Waals surface area contributed by atoms with Crippen LogP contribution in [-0.4, -0.2) is 22.1 Å². The number of hydrogen-bond donors (Lipinski definition) is 2. The van der Waals surface area contributed by atoms with Crippen LogP contribution in [-0.2, 0) is 6.42 Å². The number of benzene rings is 2. The molecule has 0 radical (unpaired) electrons. The molecular weight excluding hydrogens is 328 g/mol. The third-order valence-electron chi connectivity index (χ3n) is 4.47. The Hall–Kier alpha value is -3.18. The van der Waals surface area contributed by atoms with Crippen molar-refractivity contribution in [2.24, 2.45) is 0 Å². The number of carbonyl (C=O) groups excluding carboxylic acids is 1. The minimum Gasteiger partial charge on any atom is -0.457 e. The molecule has 2 aromatic carbocycles. The van der Waals surface area contributed by atoms with Crippen molar-refractivity contribution in [3.8, 4) is 11.5 Å². The van der Waals surface area contributed by atoms with E-state index in [4.69, 9.17) is 4.74 Å². The Morgan fingerprint density at radius 2 is 1.85 bits per heavy atom. The molecule has 1 aliphatic rings. The predicted molar refractivity (Wildman–Crippen MR) is 97.1 cm³/mol. The smallest absolute Gasteiger partial charge is 0.251 e. The molecule has 1 aliphatic carbocycles. The second-order valence-electron chi connectivity index (χ2n) is 6.23. The van der Waals surface area contributed by atoms with E-state index in [1.165, 1.54) is 0 Å². The van der Waals surface area contributed by atoms with Crippen molar-refractivity contribution in [2.75, 3.05) is 0 Å². The third-order valence-corrected chi connectivity index (χ3v) is 4.47. The van der Waals surface area contributed by atoms with Crippen molar-refractivity contribution in [3.05, 3.63) is 89.7 Å². The number of carbonyl (C=O) groups is 1. The molecule has 0 aliphatic heterocycles. The van der Waals surface area contributed by atoms with E-state index in [0.717, 1.165) is 11.1 Å². The van der Waals surface area contributed by atoms with Crippen LogP contribution in [0.25, 0.3) is 0 Å². The Labute approximate surface area is 151 Å². The van der Waals surface area contributed by atoms with E-state index in [1.807, 2.05) is 24.3 Å². The van der Waals surface area contributed by atoms with Crippen molar-refractivity contribution >= 4 is 5.91 Å². The molecule has 1 heterocycles. The maximum Gasteiger partial charge on any atom is 0.251 e. The van der Waals surface area contributed by atoms with Gasteiger partial charge in [-0.05, 0) is 41.5 Å². The fourth-order valence-corrected chi connectivity index (χ4v) is 3.22. The van der Waals surface area contributed by atoms with E-state index in [9.17, 15) is 9.90 Å². The molecule has 0 saturated heterocycles. The number of pyridine rings is 1. The van der Waals surface area contributed by atoms with Crippen molar-refractivity contribution in [1.82, 2.24) is 10.3 Å². The van der Waals surface area contributed by atoms with Crippen LogP contribution in [0.3, 0.4) is 0 Å². The number of rotatable bonds is 4. The van der Waals surface area contributed by atoms with Gasteiger partial charge in [0, 0.05) is 24.4 Å². The van der Waals surface area contributed by atoms with Crippen molar-refractivity contribution < 1.29 is 14.6 Å². The van der Waals surface area contributed by atoms with E-state index in [2.05, 4.69) is 10.3 Å². The number of amides is 1. The number of hydrogen-bond acceptors (Lipinski definition) is 4. The summed E-state index contributed by atoms with van der Waals surface area (Å²) >= 11 is 0. The number of aromatic nitrogens is 1. The summed E-state index contributed by atoms with van der Waals surface area (Å²) in [5.74, 6) is 0.972. The molecule has 3 aromatic rings. The molecule has 0 spiro atoms. The normalized spacial score (nSPS) is 18.2. The highest BCUT2D eigenvalue weighted by Crippen LogP contribution is 2.31. The highest BCUT2D eigenvalue weighted by molar-refractivity contribution is 5.95. The predicted octanol–water partition coefficient (Wildman–Crippen LogP) is 3.26. The molecule has 130 valence electrons. The van der Waals surface area contributed by atoms with Gasteiger partial charge in [0.05, 0.1) is 12.1 Å². The van der Waals surface area contributed by atoms with Crippen LogP contribution in [0.15, 0.2) is 73.1 Å². The average molecular weight is 346 g/mol. The Bertz CT molecular complexity index is 927. The lowest BCUT2D eigenvalue weighted by atomic mass is 10.1. The van der Waals surface area contributed by atoms with E-state index in [1.54, 1.807) is 48.8 Å². The summed E-state index contributed by atoms with van der Waals surface area (Å²) in [6.45, 7) is 0. The SMILES string of the molecule is O=C(N[C@@H]1c2ccccc2C[C@@H]1O)c1cccc(Oc2ccncc2)c1. The van der Waals surface area contributed by atoms with Crippen molar-refractivity contribution in [1.29, 1.82) is 0 Å². The largest absolute Gasteiger partial charge is 0.457 e. The second-order valence-corrected chi connectivity index (χ2v) is 6.23. The summed E-state index contributed by atoms with van der Waals surface area (Å²) in [5, 5.41) is 13.2. The lowest BCUT2D eigenvalue weighted by molar-refractivity contribution is 0.0858. The molecule has 2 atom stereocenters. The molecule has 5 heteroatoms. The maximum atomic E-state index is 12.7. The van der Waals surface area contributed by atoms with Crippen LogP contribution in [0.5, 0.6) is 11.5 Å². The van der Waals surface area contributed by atoms with E-state index in [0.29, 0.717) is 23.5 Å². The minimum absolute atomic E-state index is 0.245. The van der Waals surface area contributed by atoms with Gasteiger partial charge < -0.3 is 15.2 Å². The van der Waals surface area contributed by atoms with E-state index >= 15 is 0 Å². The second kappa shape index (κ2) is 6.98. The molecule has 5 nitrogen and oxygen atoms in total. The van der Waals surface area contributed by atoms with Gasteiger partial charge in [-0.2, -0.15) is 0 Å². The summed E-state index contributed by atoms with van der Waals surface area (Å²) < 4.78 is 5.75. The molecule has 0 fully saturated rings. The van der Waals surface area contributed by atoms with Gasteiger partial charge in [0.1, 0.15) is 11.5 Å². The first-order valence-corrected chi connectivity index (χ1v) is 8.45. The molecule has 0 bridgehead atoms. The van der Waals surface area contributed by atoms with Crippen LogP contribution in [0.1, 0.15) is 27.5 Å². The number of ether oxygens (including phenoxy) is 1. The summed E-state index contributed by atoms with van der Waals surface area (Å²) in [7, 11) is 0. The molecular formula is C21H18N2O3. The van der Waals surface area contributed by atoms with Gasteiger partial charge in [0.2, 0.25) is 0 Å². The summed E-state index contributed by atoms with van der Waals surface area (Å²) in [4.78, 5) is 16.6. The number of nitrogens with one attached hydrogen (secondary N) is 1. The van der Waals surface area contributed by atoms with Gasteiger partial charge >= 0.3 is 0 Å². The highest BCUT2D eigenvalue weighted by Gasteiger charge is 2.32. The number of aliphatic hydroxyl groups is 1. The van der Waals surface area contributed by atoms with Gasteiger partial charge in [-0.15, -0.1) is 0 Å². The monoisotopic (exact) mass is 346 g/mol. The summed E-state index contributed by atoms with van der Waals surface area (Å²) in [5.41, 5.74) is 2.52. The lowest BCUT2D eigenvalue weighted by Crippen LogP contribution is -2.33. The molecule has 2 N–H and O–H groups in total. The highest BCUT2D eigenvalue weighted by atomic mass is 16.5. The standard InChI is InChI=1S/C21H18N2O3/c24-19-13-14-4-1-2-7-18(14)20(19)23-21(25)15-5-3-6-17(12-15)26-16-8-10-22-11-9-16/h1-12,19-20,24H,13H2,(H,23,25)/t19-,20+/m0/s1. The Morgan fingerprint density at radius 1 is 1.04 bits per heavy atom. The maximum absolute atomic E-state index is 12.7. The Morgan fingerprint density at radius 3 is 2.69 bits per heavy atom. The fraction of sp³-hybridized carbons (Fsp3) is 0.143. The zero-order valence-corrected chi connectivity index (χ0v) is 14.0. The van der Waals surface area contributed by atoms with Gasteiger partial charge in [0.15, 0.2) is 0 Å². The summed E-state index contributed by atoms with van der Waals surface area (Å²) in [6.07, 6.45) is 3.22. The van der Waals surface area contributed by atoms with Gasteiger partial charge in [-0.3, -0.25) is 9.78 Å². The topological polar surface area (TPSA) is 71.5 Å². The summed E-state index contributed by atoms with van der Waals surface area (Å²) in [6, 6.07) is 17.8. The van der Waals surface area contributed by atoms with Gasteiger partial charge in [-0.25, -0.2) is 0 Å². The van der Waals surface area contributed by atoms with E-state index in [-0.39, 0.29) is 5.91 Å². The van der Waals surface area contributed by atoms with E-state index < -0.39 is 12.1 Å². The zero-order chi connectivity index (χ0) is 17.9. The number of nitrogens with zero attached hydrogens (tertiary/aromatic N) is 1. The van der Waals surface area contributed by atoms with Crippen LogP contribution >= 0.6 is 0 Å². The fourth-order valence-electron chi connectivity index (χ4n) is 3.22. The first-order chi connectivity index (χ1) is 12.7. The van der Waals surface area contributed by atoms with Crippen molar-refractivity contribution in [3.63, 3.8) is 0 Å². The first kappa shape index (κ1) is 16.3. The number of fused-ring (bicyclic) bond motifs is 1. The van der Waals surface area contributed by atoms with Crippen LogP contribution < -0.4 is 10.1 Å². The van der Waals surface area contributed by atoms with Crippen LogP contribution in [0, 0.1) is 0 Å². The molecule has 1 amide bonds. The number of aliphatic hydroxyl groups excluding tert-OH is 1. The molecule has 26 heavy (non-hydrogen) atoms. The minimum atomic E-state index is -0.618. The molecule has 0 saturated carbocycles. The lowest BCUT2D eigenvalue weighted by Gasteiger charge is -2.18. The molecule has 4 rings (SSSR count). The van der Waals surface area contributed by atoms with Crippen molar-refractivity contribution in [2.45, 2.75) is 18.6 Å². The first-order valence-electron chi connectivity index (χ1n) is 8.45. The quantitative estimate of drug-likeness (QED) is 0.761. The molecule has 0 unspecified atom stereocenters. The Kier molecular flexibility index (Phi) is 4.37.